The van der Waals surface area contributed by atoms with Crippen LogP contribution in [-0.2, 0) is 15.2 Å². The van der Waals surface area contributed by atoms with E-state index >= 15 is 0 Å². The topological polar surface area (TPSA) is 106 Å². The molecule has 0 saturated heterocycles. The molecular weight excluding hydrogens is 368 g/mol. The number of hydrogen-bond acceptors (Lipinski definition) is 6. The van der Waals surface area contributed by atoms with Gasteiger partial charge >= 0.3 is 5.97 Å². The van der Waals surface area contributed by atoms with Gasteiger partial charge in [-0.3, -0.25) is 9.78 Å². The van der Waals surface area contributed by atoms with Gasteiger partial charge in [-0.25, -0.2) is 4.79 Å². The van der Waals surface area contributed by atoms with Crippen LogP contribution in [0.5, 0.6) is 0 Å². The van der Waals surface area contributed by atoms with Gasteiger partial charge in [0.2, 0.25) is 5.66 Å². The summed E-state index contributed by atoms with van der Waals surface area (Å²) in [4.78, 5) is 29.2. The van der Waals surface area contributed by atoms with E-state index in [9.17, 15) is 9.59 Å². The van der Waals surface area contributed by atoms with Crippen molar-refractivity contribution < 1.29 is 14.3 Å². The molecule has 7 nitrogen and oxygen atoms in total. The van der Waals surface area contributed by atoms with Gasteiger partial charge in [0, 0.05) is 11.6 Å². The Morgan fingerprint density at radius 3 is 2.52 bits per heavy atom. The fraction of sp³-hybridized carbons (Fsp3) is 0.227. The zero-order valence-corrected chi connectivity index (χ0v) is 16.2. The van der Waals surface area contributed by atoms with Crippen molar-refractivity contribution in [2.45, 2.75) is 19.5 Å². The SMILES string of the molecule is CC(C)COC(=O)c1ccc2c(c1)NC(C(N)=O)(c1cc3ccccc3cn1)N2. The first-order valence-corrected chi connectivity index (χ1v) is 9.42. The second-order valence-electron chi connectivity index (χ2n) is 7.53. The maximum absolute atomic E-state index is 12.5. The molecule has 1 amide bonds. The van der Waals surface area contributed by atoms with E-state index in [1.54, 1.807) is 24.4 Å². The summed E-state index contributed by atoms with van der Waals surface area (Å²) in [6.07, 6.45) is 1.70. The molecule has 1 aliphatic rings. The minimum Gasteiger partial charge on any atom is -0.462 e. The summed E-state index contributed by atoms with van der Waals surface area (Å²) in [6.45, 7) is 4.28. The third kappa shape index (κ3) is 3.35. The molecule has 0 radical (unpaired) electrons. The number of nitrogens with zero attached hydrogens (tertiary/aromatic N) is 1. The lowest BCUT2D eigenvalue weighted by molar-refractivity contribution is -0.121. The number of carbonyl (C=O) groups is 2. The van der Waals surface area contributed by atoms with E-state index in [-0.39, 0.29) is 5.92 Å². The Morgan fingerprint density at radius 2 is 1.79 bits per heavy atom. The molecule has 1 atom stereocenters. The zero-order valence-electron chi connectivity index (χ0n) is 16.2. The van der Waals surface area contributed by atoms with Gasteiger partial charge in [-0.2, -0.15) is 0 Å². The molecule has 3 aromatic rings. The molecule has 0 saturated carbocycles. The Morgan fingerprint density at radius 1 is 1.07 bits per heavy atom. The van der Waals surface area contributed by atoms with Crippen molar-refractivity contribution in [1.29, 1.82) is 0 Å². The van der Waals surface area contributed by atoms with Gasteiger partial charge in [0.25, 0.3) is 5.91 Å². The first-order valence-electron chi connectivity index (χ1n) is 9.42. The Balaban J connectivity index is 1.68. The Bertz CT molecular complexity index is 1110. The highest BCUT2D eigenvalue weighted by Gasteiger charge is 2.45. The molecule has 29 heavy (non-hydrogen) atoms. The van der Waals surface area contributed by atoms with Crippen molar-refractivity contribution in [3.8, 4) is 0 Å². The molecule has 0 bridgehead atoms. The lowest BCUT2D eigenvalue weighted by Gasteiger charge is -2.26. The smallest absolute Gasteiger partial charge is 0.338 e. The van der Waals surface area contributed by atoms with Crippen molar-refractivity contribution in [3.63, 3.8) is 0 Å². The maximum Gasteiger partial charge on any atom is 0.338 e. The number of esters is 1. The van der Waals surface area contributed by atoms with Crippen molar-refractivity contribution in [1.82, 2.24) is 4.98 Å². The lowest BCUT2D eigenvalue weighted by Crippen LogP contribution is -2.51. The number of rotatable bonds is 5. The van der Waals surface area contributed by atoms with E-state index in [2.05, 4.69) is 15.6 Å². The lowest BCUT2D eigenvalue weighted by atomic mass is 10.0. The van der Waals surface area contributed by atoms with Crippen molar-refractivity contribution in [2.24, 2.45) is 11.7 Å². The summed E-state index contributed by atoms with van der Waals surface area (Å²) in [6, 6.07) is 14.6. The van der Waals surface area contributed by atoms with Gasteiger partial charge in [-0.1, -0.05) is 38.1 Å². The molecule has 0 aliphatic carbocycles. The number of anilines is 2. The van der Waals surface area contributed by atoms with E-state index in [4.69, 9.17) is 10.5 Å². The van der Waals surface area contributed by atoms with Crippen LogP contribution in [-0.4, -0.2) is 23.5 Å². The van der Waals surface area contributed by atoms with Gasteiger partial charge in [-0.05, 0) is 35.6 Å². The number of ether oxygens (including phenoxy) is 1. The fourth-order valence-electron chi connectivity index (χ4n) is 3.31. The predicted molar refractivity (Wildman–Crippen MR) is 111 cm³/mol. The summed E-state index contributed by atoms with van der Waals surface area (Å²) >= 11 is 0. The third-order valence-electron chi connectivity index (χ3n) is 4.83. The van der Waals surface area contributed by atoms with Crippen LogP contribution in [0.4, 0.5) is 11.4 Å². The van der Waals surface area contributed by atoms with Crippen LogP contribution < -0.4 is 16.4 Å². The molecule has 4 rings (SSSR count). The van der Waals surface area contributed by atoms with E-state index < -0.39 is 17.5 Å². The number of hydrogen-bond donors (Lipinski definition) is 3. The minimum absolute atomic E-state index is 0.245. The normalized spacial score (nSPS) is 17.5. The quantitative estimate of drug-likeness (QED) is 0.578. The number of fused-ring (bicyclic) bond motifs is 2. The van der Waals surface area contributed by atoms with Gasteiger partial charge in [0.15, 0.2) is 0 Å². The van der Waals surface area contributed by atoms with Gasteiger partial charge in [-0.15, -0.1) is 0 Å². The Labute approximate surface area is 168 Å². The van der Waals surface area contributed by atoms with E-state index in [1.165, 1.54) is 0 Å². The second kappa shape index (κ2) is 7.09. The van der Waals surface area contributed by atoms with Crippen molar-refractivity contribution in [2.75, 3.05) is 17.2 Å². The summed E-state index contributed by atoms with van der Waals surface area (Å²) in [5, 5.41) is 8.18. The van der Waals surface area contributed by atoms with Gasteiger partial charge in [0.1, 0.15) is 0 Å². The van der Waals surface area contributed by atoms with Crippen LogP contribution in [0, 0.1) is 5.92 Å². The zero-order chi connectivity index (χ0) is 20.6. The molecule has 148 valence electrons. The molecule has 0 spiro atoms. The van der Waals surface area contributed by atoms with Crippen LogP contribution in [0.3, 0.4) is 0 Å². The predicted octanol–water partition coefficient (Wildman–Crippen LogP) is 3.22. The van der Waals surface area contributed by atoms with Crippen LogP contribution in [0.15, 0.2) is 54.7 Å². The third-order valence-corrected chi connectivity index (χ3v) is 4.83. The second-order valence-corrected chi connectivity index (χ2v) is 7.53. The van der Waals surface area contributed by atoms with Crippen LogP contribution >= 0.6 is 0 Å². The summed E-state index contributed by atoms with van der Waals surface area (Å²) in [5.41, 5.74) is 6.44. The van der Waals surface area contributed by atoms with Crippen molar-refractivity contribution in [3.05, 3.63) is 66.0 Å². The number of pyridine rings is 1. The monoisotopic (exact) mass is 390 g/mol. The number of carbonyl (C=O) groups excluding carboxylic acids is 2. The number of nitrogens with one attached hydrogen (secondary N) is 2. The number of nitrogens with two attached hydrogens (primary N) is 1. The number of primary amides is 1. The maximum atomic E-state index is 12.5. The standard InChI is InChI=1S/C22H22N4O3/c1-13(2)12-29-20(27)15-7-8-17-18(9-15)26-22(25-17,21(23)28)19-10-14-5-3-4-6-16(14)11-24-19/h3-11,13,25-26H,12H2,1-2H3,(H2,23,28). The summed E-state index contributed by atoms with van der Waals surface area (Å²) in [7, 11) is 0. The fourth-order valence-corrected chi connectivity index (χ4v) is 3.31. The Hall–Kier alpha value is -3.61. The number of aromatic nitrogens is 1. The van der Waals surface area contributed by atoms with Crippen LogP contribution in [0.1, 0.15) is 29.9 Å². The van der Waals surface area contributed by atoms with Gasteiger partial charge in [0.05, 0.1) is 29.2 Å². The number of amides is 1. The average molecular weight is 390 g/mol. The molecule has 0 fully saturated rings. The van der Waals surface area contributed by atoms with Gasteiger partial charge < -0.3 is 21.1 Å². The Kier molecular flexibility index (Phi) is 4.58. The van der Waals surface area contributed by atoms with E-state index in [0.29, 0.717) is 29.2 Å². The van der Waals surface area contributed by atoms with E-state index in [0.717, 1.165) is 10.8 Å². The molecule has 7 heteroatoms. The van der Waals surface area contributed by atoms with E-state index in [1.807, 2.05) is 44.2 Å². The van der Waals surface area contributed by atoms with Crippen LogP contribution in [0.25, 0.3) is 10.8 Å². The molecule has 1 aliphatic heterocycles. The van der Waals surface area contributed by atoms with Crippen LogP contribution in [0.2, 0.25) is 0 Å². The summed E-state index contributed by atoms with van der Waals surface area (Å²) in [5.74, 6) is -0.793. The molecule has 2 heterocycles. The number of benzene rings is 2. The largest absolute Gasteiger partial charge is 0.462 e. The highest BCUT2D eigenvalue weighted by molar-refractivity contribution is 6.00. The molecular formula is C22H22N4O3. The molecule has 1 aromatic heterocycles. The van der Waals surface area contributed by atoms with Crippen molar-refractivity contribution >= 4 is 34.0 Å². The first-order chi connectivity index (χ1) is 13.9. The highest BCUT2D eigenvalue weighted by Crippen LogP contribution is 2.40. The minimum atomic E-state index is -1.41. The molecule has 1 unspecified atom stereocenters. The summed E-state index contributed by atoms with van der Waals surface area (Å²) < 4.78 is 5.29. The molecule has 2 aromatic carbocycles. The highest BCUT2D eigenvalue weighted by atomic mass is 16.5. The molecule has 4 N–H and O–H groups in total. The average Bonchev–Trinajstić information content (AvgIpc) is 3.12. The first kappa shape index (κ1) is 18.7.